The predicted octanol–water partition coefficient (Wildman–Crippen LogP) is 5.01. The first kappa shape index (κ1) is 18.2. The number of hydrogen-bond acceptors (Lipinski definition) is 4. The molecule has 0 saturated carbocycles. The van der Waals surface area contributed by atoms with E-state index in [1.165, 1.54) is 0 Å². The molecule has 0 amide bonds. The molecule has 0 aromatic heterocycles. The lowest BCUT2D eigenvalue weighted by Gasteiger charge is -2.08. The third-order valence-electron chi connectivity index (χ3n) is 4.13. The van der Waals surface area contributed by atoms with Gasteiger partial charge in [0.1, 0.15) is 11.5 Å². The third-order valence-corrected chi connectivity index (χ3v) is 4.13. The maximum Gasteiger partial charge on any atom is 0.228 e. The molecule has 27 heavy (non-hydrogen) atoms. The molecule has 0 fully saturated rings. The van der Waals surface area contributed by atoms with Crippen LogP contribution in [0, 0.1) is 10.1 Å². The van der Waals surface area contributed by atoms with Gasteiger partial charge >= 0.3 is 0 Å². The zero-order valence-electron chi connectivity index (χ0n) is 14.8. The number of para-hydroxylation sites is 1. The normalized spacial score (nSPS) is 10.9. The van der Waals surface area contributed by atoms with Crippen LogP contribution in [-0.4, -0.2) is 17.1 Å². The fourth-order valence-electron chi connectivity index (χ4n) is 2.84. The lowest BCUT2D eigenvalue weighted by atomic mass is 9.98. The predicted molar refractivity (Wildman–Crippen MR) is 106 cm³/mol. The molecule has 5 heteroatoms. The van der Waals surface area contributed by atoms with Crippen LogP contribution in [0.3, 0.4) is 0 Å². The Morgan fingerprint density at radius 1 is 1.00 bits per heavy atom. The Morgan fingerprint density at radius 2 is 1.70 bits per heavy atom. The number of nitro groups is 1. The Labute approximate surface area is 157 Å². The van der Waals surface area contributed by atoms with Crippen molar-refractivity contribution >= 4 is 12.2 Å². The number of aromatic hydroxyl groups is 1. The summed E-state index contributed by atoms with van der Waals surface area (Å²) in [4.78, 5) is 10.6. The molecule has 136 valence electrons. The zero-order chi connectivity index (χ0) is 19.2. The van der Waals surface area contributed by atoms with Crippen molar-refractivity contribution in [2.24, 2.45) is 0 Å². The molecule has 0 spiro atoms. The number of methoxy groups -OCH3 is 1. The Hall–Kier alpha value is -3.60. The van der Waals surface area contributed by atoms with E-state index in [9.17, 15) is 15.2 Å². The molecule has 0 unspecified atom stereocenters. The molecule has 0 saturated heterocycles. The summed E-state index contributed by atoms with van der Waals surface area (Å²) in [6.07, 6.45) is 3.83. The fraction of sp³-hybridized carbons (Fsp3) is 0.0909. The zero-order valence-corrected chi connectivity index (χ0v) is 14.8. The highest BCUT2D eigenvalue weighted by atomic mass is 16.6. The highest BCUT2D eigenvalue weighted by Crippen LogP contribution is 2.31. The molecule has 0 bridgehead atoms. The van der Waals surface area contributed by atoms with Crippen molar-refractivity contribution in [1.82, 2.24) is 0 Å². The standard InChI is InChI=1S/C22H19NO4/c1-27-20-10-8-16(9-11-20)6-7-17-12-18(15-23(25)26)14-19(13-17)21-4-2-3-5-22(21)24/h2-14,24H,15H2,1H3/b7-6+. The summed E-state index contributed by atoms with van der Waals surface area (Å²) in [7, 11) is 1.62. The minimum Gasteiger partial charge on any atom is -0.507 e. The van der Waals surface area contributed by atoms with Crippen LogP contribution in [0.15, 0.2) is 66.7 Å². The van der Waals surface area contributed by atoms with Crippen LogP contribution in [0.25, 0.3) is 23.3 Å². The van der Waals surface area contributed by atoms with Crippen LogP contribution in [0.2, 0.25) is 0 Å². The summed E-state index contributed by atoms with van der Waals surface area (Å²) >= 11 is 0. The quantitative estimate of drug-likeness (QED) is 0.380. The highest BCUT2D eigenvalue weighted by Gasteiger charge is 2.09. The molecule has 3 aromatic carbocycles. The van der Waals surface area contributed by atoms with Crippen molar-refractivity contribution in [3.05, 3.63) is 93.5 Å². The van der Waals surface area contributed by atoms with Gasteiger partial charge in [0.25, 0.3) is 0 Å². The minimum absolute atomic E-state index is 0.140. The van der Waals surface area contributed by atoms with Crippen molar-refractivity contribution in [1.29, 1.82) is 0 Å². The van der Waals surface area contributed by atoms with E-state index in [1.54, 1.807) is 37.4 Å². The first-order valence-electron chi connectivity index (χ1n) is 8.41. The van der Waals surface area contributed by atoms with Gasteiger partial charge in [-0.15, -0.1) is 0 Å². The second-order valence-electron chi connectivity index (χ2n) is 6.08. The second kappa shape index (κ2) is 8.19. The van der Waals surface area contributed by atoms with Crippen molar-refractivity contribution < 1.29 is 14.8 Å². The van der Waals surface area contributed by atoms with E-state index in [-0.39, 0.29) is 17.2 Å². The molecule has 3 aromatic rings. The van der Waals surface area contributed by atoms with Crippen molar-refractivity contribution in [2.45, 2.75) is 6.54 Å². The molecule has 0 aliphatic rings. The van der Waals surface area contributed by atoms with Gasteiger partial charge in [-0.1, -0.05) is 42.5 Å². The SMILES string of the molecule is COc1ccc(/C=C/c2cc(C[N+](=O)[O-])cc(-c3ccccc3O)c2)cc1. The van der Waals surface area contributed by atoms with Gasteiger partial charge in [-0.2, -0.15) is 0 Å². The lowest BCUT2D eigenvalue weighted by molar-refractivity contribution is -0.496. The van der Waals surface area contributed by atoms with Crippen LogP contribution in [0.5, 0.6) is 11.5 Å². The van der Waals surface area contributed by atoms with Crippen LogP contribution in [-0.2, 0) is 6.54 Å². The summed E-state index contributed by atoms with van der Waals surface area (Å²) in [5.74, 6) is 0.919. The Balaban J connectivity index is 1.98. The number of phenolic OH excluding ortho intramolecular Hbond substituents is 1. The number of benzene rings is 3. The van der Waals surface area contributed by atoms with Crippen LogP contribution in [0.4, 0.5) is 0 Å². The fourth-order valence-corrected chi connectivity index (χ4v) is 2.84. The maximum absolute atomic E-state index is 11.0. The number of hydrogen-bond donors (Lipinski definition) is 1. The van der Waals surface area contributed by atoms with Crippen LogP contribution < -0.4 is 4.74 Å². The van der Waals surface area contributed by atoms with Gasteiger partial charge in [0.2, 0.25) is 6.54 Å². The summed E-state index contributed by atoms with van der Waals surface area (Å²) in [6, 6.07) is 20.0. The number of phenols is 1. The van der Waals surface area contributed by atoms with Crippen molar-refractivity contribution in [3.63, 3.8) is 0 Å². The van der Waals surface area contributed by atoms with Gasteiger partial charge < -0.3 is 9.84 Å². The molecule has 0 heterocycles. The average Bonchev–Trinajstić information content (AvgIpc) is 2.66. The molecular weight excluding hydrogens is 342 g/mol. The topological polar surface area (TPSA) is 72.6 Å². The first-order valence-corrected chi connectivity index (χ1v) is 8.41. The van der Waals surface area contributed by atoms with Crippen molar-refractivity contribution in [3.8, 4) is 22.6 Å². The summed E-state index contributed by atoms with van der Waals surface area (Å²) in [5.41, 5.74) is 3.77. The van der Waals surface area contributed by atoms with Gasteiger partial charge in [-0.05, 0) is 53.1 Å². The van der Waals surface area contributed by atoms with E-state index in [2.05, 4.69) is 0 Å². The molecule has 0 aliphatic heterocycles. The summed E-state index contributed by atoms with van der Waals surface area (Å²) in [5, 5.41) is 21.1. The van der Waals surface area contributed by atoms with Gasteiger partial charge in [-0.25, -0.2) is 0 Å². The third kappa shape index (κ3) is 4.73. The average molecular weight is 361 g/mol. The Morgan fingerprint density at radius 3 is 2.37 bits per heavy atom. The molecule has 0 aliphatic carbocycles. The van der Waals surface area contributed by atoms with Crippen LogP contribution >= 0.6 is 0 Å². The largest absolute Gasteiger partial charge is 0.507 e. The van der Waals surface area contributed by atoms with Crippen LogP contribution in [0.1, 0.15) is 16.7 Å². The number of rotatable bonds is 6. The van der Waals surface area contributed by atoms with E-state index >= 15 is 0 Å². The molecule has 0 atom stereocenters. The Bertz CT molecular complexity index is 978. The van der Waals surface area contributed by atoms with Gasteiger partial charge in [0.05, 0.1) is 7.11 Å². The highest BCUT2D eigenvalue weighted by molar-refractivity contribution is 5.76. The van der Waals surface area contributed by atoms with Crippen molar-refractivity contribution in [2.75, 3.05) is 7.11 Å². The first-order chi connectivity index (χ1) is 13.0. The van der Waals surface area contributed by atoms with Gasteiger partial charge in [0.15, 0.2) is 0 Å². The number of ether oxygens (including phenoxy) is 1. The van der Waals surface area contributed by atoms with E-state index in [1.807, 2.05) is 48.6 Å². The molecule has 3 rings (SSSR count). The van der Waals surface area contributed by atoms with Gasteiger partial charge in [0, 0.05) is 16.1 Å². The minimum atomic E-state index is -0.360. The summed E-state index contributed by atoms with van der Waals surface area (Å²) < 4.78 is 5.15. The monoisotopic (exact) mass is 361 g/mol. The van der Waals surface area contributed by atoms with E-state index in [4.69, 9.17) is 4.74 Å². The molecule has 0 radical (unpaired) electrons. The van der Waals surface area contributed by atoms with E-state index < -0.39 is 0 Å². The molecule has 1 N–H and O–H groups in total. The lowest BCUT2D eigenvalue weighted by Crippen LogP contribution is -1.99. The molecule has 5 nitrogen and oxygen atoms in total. The van der Waals surface area contributed by atoms with E-state index in [0.717, 1.165) is 22.4 Å². The summed E-state index contributed by atoms with van der Waals surface area (Å²) in [6.45, 7) is -0.273. The maximum atomic E-state index is 11.0. The molecular formula is C22H19NO4. The Kier molecular flexibility index (Phi) is 5.52. The number of nitrogens with zero attached hydrogens (tertiary/aromatic N) is 1. The smallest absolute Gasteiger partial charge is 0.228 e. The second-order valence-corrected chi connectivity index (χ2v) is 6.08. The van der Waals surface area contributed by atoms with E-state index in [0.29, 0.717) is 11.1 Å². The van der Waals surface area contributed by atoms with Gasteiger partial charge in [-0.3, -0.25) is 10.1 Å².